The van der Waals surface area contributed by atoms with Gasteiger partial charge in [-0.05, 0) is 25.3 Å². The van der Waals surface area contributed by atoms with Gasteiger partial charge in [0.05, 0.1) is 0 Å². The fraction of sp³-hybridized carbons (Fsp3) is 0.571. The Morgan fingerprint density at radius 1 is 1.17 bits per heavy atom. The van der Waals surface area contributed by atoms with Gasteiger partial charge in [0.25, 0.3) is 0 Å². The molecular formula is C14H18F2N2. The molecule has 2 aliphatic heterocycles. The van der Waals surface area contributed by atoms with Crippen molar-refractivity contribution in [3.8, 4) is 0 Å². The van der Waals surface area contributed by atoms with Crippen molar-refractivity contribution in [2.45, 2.75) is 37.9 Å². The summed E-state index contributed by atoms with van der Waals surface area (Å²) in [7, 11) is 0. The average Bonchev–Trinajstić information content (AvgIpc) is 2.68. The highest BCUT2D eigenvalue weighted by Crippen LogP contribution is 2.22. The van der Waals surface area contributed by atoms with Crippen LogP contribution >= 0.6 is 0 Å². The number of rotatable bonds is 2. The van der Waals surface area contributed by atoms with Gasteiger partial charge in [-0.2, -0.15) is 0 Å². The highest BCUT2D eigenvalue weighted by atomic mass is 19.2. The first-order valence-electron chi connectivity index (χ1n) is 6.63. The SMILES string of the molecule is Fc1cccc(CN2CCC3CCC(C2)N3)c1F. The van der Waals surface area contributed by atoms with E-state index in [-0.39, 0.29) is 0 Å². The van der Waals surface area contributed by atoms with Crippen molar-refractivity contribution < 1.29 is 8.78 Å². The van der Waals surface area contributed by atoms with Crippen LogP contribution < -0.4 is 5.32 Å². The zero-order valence-electron chi connectivity index (χ0n) is 10.3. The molecule has 0 aromatic heterocycles. The van der Waals surface area contributed by atoms with Crippen molar-refractivity contribution >= 4 is 0 Å². The van der Waals surface area contributed by atoms with Crippen molar-refractivity contribution in [3.05, 3.63) is 35.4 Å². The quantitative estimate of drug-likeness (QED) is 0.868. The van der Waals surface area contributed by atoms with Gasteiger partial charge in [0, 0.05) is 37.3 Å². The molecular weight excluding hydrogens is 234 g/mol. The molecule has 1 N–H and O–H groups in total. The number of likely N-dealkylation sites (tertiary alicyclic amines) is 1. The van der Waals surface area contributed by atoms with Crippen LogP contribution in [0.25, 0.3) is 0 Å². The summed E-state index contributed by atoms with van der Waals surface area (Å²) in [5.41, 5.74) is 0.466. The van der Waals surface area contributed by atoms with Crippen LogP contribution in [0.15, 0.2) is 18.2 Å². The predicted molar refractivity (Wildman–Crippen MR) is 66.2 cm³/mol. The van der Waals surface area contributed by atoms with Crippen LogP contribution in [-0.4, -0.2) is 30.1 Å². The third-order valence-corrected chi connectivity index (χ3v) is 4.03. The molecule has 2 atom stereocenters. The minimum Gasteiger partial charge on any atom is -0.310 e. The Morgan fingerprint density at radius 3 is 2.89 bits per heavy atom. The van der Waals surface area contributed by atoms with E-state index in [1.165, 1.54) is 18.9 Å². The predicted octanol–water partition coefficient (Wildman–Crippen LogP) is 2.29. The summed E-state index contributed by atoms with van der Waals surface area (Å²) in [5.74, 6) is -1.44. The van der Waals surface area contributed by atoms with Crippen LogP contribution in [-0.2, 0) is 6.54 Å². The maximum atomic E-state index is 13.6. The van der Waals surface area contributed by atoms with Gasteiger partial charge >= 0.3 is 0 Å². The maximum Gasteiger partial charge on any atom is 0.163 e. The molecule has 2 saturated heterocycles. The molecule has 1 aromatic carbocycles. The number of halogens is 2. The molecule has 0 radical (unpaired) electrons. The number of hydrogen-bond acceptors (Lipinski definition) is 2. The third-order valence-electron chi connectivity index (χ3n) is 4.03. The summed E-state index contributed by atoms with van der Waals surface area (Å²) in [6, 6.07) is 5.57. The summed E-state index contributed by atoms with van der Waals surface area (Å²) in [4.78, 5) is 2.23. The van der Waals surface area contributed by atoms with Gasteiger partial charge in [-0.25, -0.2) is 8.78 Å². The molecule has 18 heavy (non-hydrogen) atoms. The Labute approximate surface area is 106 Å². The summed E-state index contributed by atoms with van der Waals surface area (Å²) in [5, 5.41) is 3.59. The smallest absolute Gasteiger partial charge is 0.163 e. The Balaban J connectivity index is 1.70. The van der Waals surface area contributed by atoms with E-state index in [1.807, 2.05) is 0 Å². The van der Waals surface area contributed by atoms with E-state index in [1.54, 1.807) is 12.1 Å². The molecule has 0 aliphatic carbocycles. The van der Waals surface area contributed by atoms with E-state index < -0.39 is 11.6 Å². The second kappa shape index (κ2) is 4.94. The molecule has 2 unspecified atom stereocenters. The molecule has 98 valence electrons. The van der Waals surface area contributed by atoms with Gasteiger partial charge < -0.3 is 5.32 Å². The van der Waals surface area contributed by atoms with Crippen molar-refractivity contribution in [1.29, 1.82) is 0 Å². The Bertz CT molecular complexity index is 436. The monoisotopic (exact) mass is 252 g/mol. The largest absolute Gasteiger partial charge is 0.310 e. The minimum absolute atomic E-state index is 0.466. The fourth-order valence-corrected chi connectivity index (χ4v) is 3.07. The zero-order chi connectivity index (χ0) is 12.5. The standard InChI is InChI=1S/C14H18F2N2/c15-13-3-1-2-10(14(13)16)8-18-7-6-11-4-5-12(9-18)17-11/h1-3,11-12,17H,4-9H2. The number of hydrogen-bond donors (Lipinski definition) is 1. The second-order valence-electron chi connectivity index (χ2n) is 5.37. The van der Waals surface area contributed by atoms with Crippen LogP contribution in [0.1, 0.15) is 24.8 Å². The van der Waals surface area contributed by atoms with Gasteiger partial charge in [-0.1, -0.05) is 12.1 Å². The maximum absolute atomic E-state index is 13.6. The first kappa shape index (κ1) is 12.1. The van der Waals surface area contributed by atoms with E-state index in [4.69, 9.17) is 0 Å². The first-order valence-corrected chi connectivity index (χ1v) is 6.63. The van der Waals surface area contributed by atoms with Crippen molar-refractivity contribution in [2.75, 3.05) is 13.1 Å². The minimum atomic E-state index is -0.748. The van der Waals surface area contributed by atoms with Crippen LogP contribution in [0.4, 0.5) is 8.78 Å². The van der Waals surface area contributed by atoms with Gasteiger partial charge in [0.1, 0.15) is 0 Å². The number of nitrogens with one attached hydrogen (secondary N) is 1. The highest BCUT2D eigenvalue weighted by molar-refractivity contribution is 5.19. The van der Waals surface area contributed by atoms with Crippen LogP contribution in [0.3, 0.4) is 0 Å². The lowest BCUT2D eigenvalue weighted by atomic mass is 10.1. The molecule has 4 heteroatoms. The van der Waals surface area contributed by atoms with Crippen LogP contribution in [0, 0.1) is 11.6 Å². The number of fused-ring (bicyclic) bond motifs is 2. The molecule has 2 nitrogen and oxygen atoms in total. The molecule has 2 aliphatic rings. The lowest BCUT2D eigenvalue weighted by molar-refractivity contribution is 0.246. The van der Waals surface area contributed by atoms with Gasteiger partial charge in [-0.15, -0.1) is 0 Å². The van der Waals surface area contributed by atoms with E-state index in [2.05, 4.69) is 10.2 Å². The lowest BCUT2D eigenvalue weighted by Crippen LogP contribution is -2.35. The van der Waals surface area contributed by atoms with Crippen molar-refractivity contribution in [1.82, 2.24) is 10.2 Å². The Morgan fingerprint density at radius 2 is 2.00 bits per heavy atom. The van der Waals surface area contributed by atoms with E-state index in [0.717, 1.165) is 19.5 Å². The van der Waals surface area contributed by atoms with Gasteiger partial charge in [0.15, 0.2) is 11.6 Å². The summed E-state index contributed by atoms with van der Waals surface area (Å²) < 4.78 is 26.8. The highest BCUT2D eigenvalue weighted by Gasteiger charge is 2.29. The second-order valence-corrected chi connectivity index (χ2v) is 5.37. The molecule has 2 fully saturated rings. The van der Waals surface area contributed by atoms with Gasteiger partial charge in [-0.3, -0.25) is 4.90 Å². The molecule has 3 rings (SSSR count). The molecule has 2 bridgehead atoms. The summed E-state index contributed by atoms with van der Waals surface area (Å²) >= 11 is 0. The Kier molecular flexibility index (Phi) is 3.31. The normalized spacial score (nSPS) is 28.3. The lowest BCUT2D eigenvalue weighted by Gasteiger charge is -2.24. The fourth-order valence-electron chi connectivity index (χ4n) is 3.07. The van der Waals surface area contributed by atoms with E-state index >= 15 is 0 Å². The molecule has 0 spiro atoms. The van der Waals surface area contributed by atoms with Gasteiger partial charge in [0.2, 0.25) is 0 Å². The number of nitrogens with zero attached hydrogens (tertiary/aromatic N) is 1. The molecule has 0 saturated carbocycles. The third kappa shape index (κ3) is 2.40. The summed E-state index contributed by atoms with van der Waals surface area (Å²) in [6.45, 7) is 2.41. The molecule has 1 aromatic rings. The van der Waals surface area contributed by atoms with Crippen LogP contribution in [0.2, 0.25) is 0 Å². The average molecular weight is 252 g/mol. The zero-order valence-corrected chi connectivity index (χ0v) is 10.3. The van der Waals surface area contributed by atoms with E-state index in [9.17, 15) is 8.78 Å². The van der Waals surface area contributed by atoms with E-state index in [0.29, 0.717) is 24.2 Å². The molecule has 0 amide bonds. The topological polar surface area (TPSA) is 15.3 Å². The molecule has 2 heterocycles. The summed E-state index contributed by atoms with van der Waals surface area (Å²) in [6.07, 6.45) is 3.56. The van der Waals surface area contributed by atoms with Crippen molar-refractivity contribution in [3.63, 3.8) is 0 Å². The van der Waals surface area contributed by atoms with Crippen LogP contribution in [0.5, 0.6) is 0 Å². The Hall–Kier alpha value is -1.00. The van der Waals surface area contributed by atoms with Crippen molar-refractivity contribution in [2.24, 2.45) is 0 Å². The first-order chi connectivity index (χ1) is 8.72. The number of benzene rings is 1.